The van der Waals surface area contributed by atoms with E-state index in [1.54, 1.807) is 0 Å². The minimum Gasteiger partial charge on any atom is -0.307 e. The van der Waals surface area contributed by atoms with Gasteiger partial charge in [0, 0.05) is 0 Å². The molecule has 19 heavy (non-hydrogen) atoms. The third-order valence-electron chi connectivity index (χ3n) is 1.27. The van der Waals surface area contributed by atoms with E-state index in [0.717, 1.165) is 0 Å². The molecule has 0 aliphatic heterocycles. The molecule has 13 heteroatoms. The summed E-state index contributed by atoms with van der Waals surface area (Å²) in [5.41, 5.74) is 0. The topological polar surface area (TPSA) is 18.5 Å². The van der Waals surface area contributed by atoms with Crippen molar-refractivity contribution in [3.05, 3.63) is 0 Å². The van der Waals surface area contributed by atoms with Gasteiger partial charge in [0.25, 0.3) is 6.36 Å². The molecule has 0 bridgehead atoms. The van der Waals surface area contributed by atoms with E-state index in [9.17, 15) is 48.3 Å². The van der Waals surface area contributed by atoms with Crippen LogP contribution in [0.1, 0.15) is 0 Å². The van der Waals surface area contributed by atoms with Gasteiger partial charge in [-0.15, -0.1) is 0 Å². The van der Waals surface area contributed by atoms with Crippen LogP contribution in [0.5, 0.6) is 0 Å². The highest BCUT2D eigenvalue weighted by molar-refractivity contribution is 4.68. The minimum absolute atomic E-state index is 2.06. The zero-order chi connectivity index (χ0) is 15.7. The standard InChI is InChI=1S/C6H3F11O2/c7-2(19-6(16,17)5(13,14)15)4(11,12)18-1-3(8,9)10/h2H,1H2. The normalized spacial score (nSPS) is 16.6. The highest BCUT2D eigenvalue weighted by atomic mass is 19.4. The summed E-state index contributed by atoms with van der Waals surface area (Å²) in [6.45, 7) is -2.78. The number of alkyl halides is 11. The maximum atomic E-state index is 12.3. The largest absolute Gasteiger partial charge is 0.483 e. The van der Waals surface area contributed by atoms with Gasteiger partial charge in [-0.25, -0.2) is 4.39 Å². The Labute approximate surface area is 96.6 Å². The lowest BCUT2D eigenvalue weighted by atomic mass is 10.5. The van der Waals surface area contributed by atoms with Crippen molar-refractivity contribution in [1.29, 1.82) is 0 Å². The molecule has 116 valence electrons. The van der Waals surface area contributed by atoms with Gasteiger partial charge in [0.1, 0.15) is 6.61 Å². The van der Waals surface area contributed by atoms with Gasteiger partial charge < -0.3 is 4.74 Å². The first-order chi connectivity index (χ1) is 8.08. The Morgan fingerprint density at radius 3 is 1.53 bits per heavy atom. The van der Waals surface area contributed by atoms with Gasteiger partial charge in [0.15, 0.2) is 0 Å². The van der Waals surface area contributed by atoms with Crippen LogP contribution in [0.3, 0.4) is 0 Å². The number of rotatable bonds is 5. The molecule has 0 aliphatic carbocycles. The second-order valence-corrected chi connectivity index (χ2v) is 2.91. The van der Waals surface area contributed by atoms with E-state index in [-0.39, 0.29) is 0 Å². The van der Waals surface area contributed by atoms with Crippen molar-refractivity contribution >= 4 is 0 Å². The zero-order valence-corrected chi connectivity index (χ0v) is 8.26. The summed E-state index contributed by atoms with van der Waals surface area (Å²) in [5.74, 6) is 0. The van der Waals surface area contributed by atoms with Crippen LogP contribution in [0.25, 0.3) is 0 Å². The quantitative estimate of drug-likeness (QED) is 0.721. The zero-order valence-electron chi connectivity index (χ0n) is 8.26. The van der Waals surface area contributed by atoms with Crippen LogP contribution in [-0.2, 0) is 9.47 Å². The first kappa shape index (κ1) is 18.1. The molecule has 0 fully saturated rings. The monoisotopic (exact) mass is 316 g/mol. The van der Waals surface area contributed by atoms with Gasteiger partial charge in [-0.3, -0.25) is 4.74 Å². The number of ether oxygens (including phenoxy) is 2. The SMILES string of the molecule is FC(OC(F)(F)C(F)(F)F)C(F)(F)OCC(F)(F)F. The number of hydrogen-bond donors (Lipinski definition) is 0. The molecule has 0 amide bonds. The predicted molar refractivity (Wildman–Crippen MR) is 33.9 cm³/mol. The van der Waals surface area contributed by atoms with E-state index in [1.807, 2.05) is 0 Å². The average Bonchev–Trinajstić information content (AvgIpc) is 2.11. The summed E-state index contributed by atoms with van der Waals surface area (Å²) in [4.78, 5) is 0. The molecule has 0 heterocycles. The second-order valence-electron chi connectivity index (χ2n) is 2.91. The Morgan fingerprint density at radius 2 is 1.21 bits per heavy atom. The summed E-state index contributed by atoms with van der Waals surface area (Å²) >= 11 is 0. The van der Waals surface area contributed by atoms with Crippen LogP contribution in [0.2, 0.25) is 0 Å². The molecule has 0 rings (SSSR count). The fraction of sp³-hybridized carbons (Fsp3) is 1.00. The lowest BCUT2D eigenvalue weighted by molar-refractivity contribution is -0.453. The summed E-state index contributed by atoms with van der Waals surface area (Å²) < 4.78 is 134. The average molecular weight is 316 g/mol. The van der Waals surface area contributed by atoms with E-state index < -0.39 is 37.5 Å². The Balaban J connectivity index is 4.68. The smallest absolute Gasteiger partial charge is 0.307 e. The summed E-state index contributed by atoms with van der Waals surface area (Å²) in [5, 5.41) is 0. The Kier molecular flexibility index (Phi) is 5.03. The Morgan fingerprint density at radius 1 is 0.789 bits per heavy atom. The number of hydrogen-bond acceptors (Lipinski definition) is 2. The summed E-state index contributed by atoms with van der Waals surface area (Å²) in [7, 11) is 0. The van der Waals surface area contributed by atoms with Gasteiger partial charge in [-0.05, 0) is 0 Å². The maximum Gasteiger partial charge on any atom is 0.483 e. The van der Waals surface area contributed by atoms with Crippen molar-refractivity contribution in [3.63, 3.8) is 0 Å². The van der Waals surface area contributed by atoms with Crippen LogP contribution < -0.4 is 0 Å². The lowest BCUT2D eigenvalue weighted by Crippen LogP contribution is -2.47. The predicted octanol–water partition coefficient (Wildman–Crippen LogP) is 3.63. The van der Waals surface area contributed by atoms with Crippen LogP contribution in [-0.4, -0.2) is 37.5 Å². The van der Waals surface area contributed by atoms with Crippen molar-refractivity contribution in [1.82, 2.24) is 0 Å². The fourth-order valence-corrected chi connectivity index (χ4v) is 0.509. The van der Waals surface area contributed by atoms with Crippen molar-refractivity contribution < 1.29 is 57.8 Å². The van der Waals surface area contributed by atoms with Crippen molar-refractivity contribution in [3.8, 4) is 0 Å². The molecule has 0 aromatic carbocycles. The minimum atomic E-state index is -6.53. The molecule has 0 radical (unpaired) electrons. The van der Waals surface area contributed by atoms with E-state index >= 15 is 0 Å². The molecule has 0 aliphatic rings. The molecule has 0 saturated carbocycles. The molecule has 0 N–H and O–H groups in total. The molecule has 2 nitrogen and oxygen atoms in total. The third kappa shape index (κ3) is 5.76. The van der Waals surface area contributed by atoms with Gasteiger partial charge >= 0.3 is 24.6 Å². The molecule has 1 unspecified atom stereocenters. The van der Waals surface area contributed by atoms with Crippen LogP contribution in [0, 0.1) is 0 Å². The van der Waals surface area contributed by atoms with Crippen molar-refractivity contribution in [2.45, 2.75) is 30.9 Å². The van der Waals surface area contributed by atoms with E-state index in [2.05, 4.69) is 9.47 Å². The molecular formula is C6H3F11O2. The van der Waals surface area contributed by atoms with E-state index in [4.69, 9.17) is 0 Å². The highest BCUT2D eigenvalue weighted by Gasteiger charge is 2.63. The Bertz CT molecular complexity index is 293. The number of halogens is 11. The van der Waals surface area contributed by atoms with Crippen LogP contribution in [0.4, 0.5) is 48.3 Å². The van der Waals surface area contributed by atoms with Crippen LogP contribution >= 0.6 is 0 Å². The lowest BCUT2D eigenvalue weighted by Gasteiger charge is -2.26. The van der Waals surface area contributed by atoms with Gasteiger partial charge in [0.05, 0.1) is 0 Å². The molecular weight excluding hydrogens is 313 g/mol. The first-order valence-electron chi connectivity index (χ1n) is 3.93. The molecule has 0 saturated heterocycles. The molecule has 0 spiro atoms. The maximum absolute atomic E-state index is 12.3. The summed E-state index contributed by atoms with van der Waals surface area (Å²) in [6, 6.07) is 0. The Hall–Kier alpha value is -0.850. The summed E-state index contributed by atoms with van der Waals surface area (Å²) in [6.07, 6.45) is -28.6. The van der Waals surface area contributed by atoms with Gasteiger partial charge in [0.2, 0.25) is 0 Å². The molecule has 0 aromatic heterocycles. The van der Waals surface area contributed by atoms with E-state index in [0.29, 0.717) is 0 Å². The van der Waals surface area contributed by atoms with Gasteiger partial charge in [-0.1, -0.05) is 0 Å². The molecule has 0 aromatic rings. The fourth-order valence-electron chi connectivity index (χ4n) is 0.509. The highest BCUT2D eigenvalue weighted by Crippen LogP contribution is 2.40. The third-order valence-corrected chi connectivity index (χ3v) is 1.27. The van der Waals surface area contributed by atoms with Gasteiger partial charge in [-0.2, -0.15) is 43.9 Å². The molecule has 1 atom stereocenters. The van der Waals surface area contributed by atoms with Crippen molar-refractivity contribution in [2.24, 2.45) is 0 Å². The van der Waals surface area contributed by atoms with E-state index in [1.165, 1.54) is 0 Å². The second kappa shape index (κ2) is 5.26. The first-order valence-corrected chi connectivity index (χ1v) is 3.93. The van der Waals surface area contributed by atoms with Crippen molar-refractivity contribution in [2.75, 3.05) is 6.61 Å². The van der Waals surface area contributed by atoms with Crippen LogP contribution in [0.15, 0.2) is 0 Å².